The van der Waals surface area contributed by atoms with E-state index >= 15 is 0 Å². The van der Waals surface area contributed by atoms with E-state index in [0.717, 1.165) is 42.0 Å². The minimum absolute atomic E-state index is 0.264. The number of nitrogens with two attached hydrogens (primary N) is 1. The van der Waals surface area contributed by atoms with Crippen molar-refractivity contribution in [1.29, 1.82) is 0 Å². The standard InChI is InChI=1S/C19H21N5OS/c20-16(25)10-24-8-6-14(7-9-24)23-18-17-15(13-4-2-1-3-5-13)11-26-19(17)22-12-21-18/h1-5,11-12,14H,6-10H2,(H2,20,25)(H,21,22,23). The van der Waals surface area contributed by atoms with Crippen LogP contribution >= 0.6 is 11.3 Å². The first kappa shape index (κ1) is 16.9. The molecule has 134 valence electrons. The molecule has 1 saturated heterocycles. The van der Waals surface area contributed by atoms with E-state index in [4.69, 9.17) is 5.73 Å². The summed E-state index contributed by atoms with van der Waals surface area (Å²) in [6.45, 7) is 2.07. The van der Waals surface area contributed by atoms with Crippen LogP contribution in [-0.4, -0.2) is 46.5 Å². The number of hydrogen-bond donors (Lipinski definition) is 2. The number of nitrogens with zero attached hydrogens (tertiary/aromatic N) is 3. The van der Waals surface area contributed by atoms with Crippen LogP contribution in [0.3, 0.4) is 0 Å². The largest absolute Gasteiger partial charge is 0.369 e. The monoisotopic (exact) mass is 367 g/mol. The van der Waals surface area contributed by atoms with Crippen molar-refractivity contribution in [2.24, 2.45) is 5.73 Å². The number of amides is 1. The zero-order chi connectivity index (χ0) is 17.9. The van der Waals surface area contributed by atoms with Crippen molar-refractivity contribution >= 4 is 33.3 Å². The maximum atomic E-state index is 11.1. The number of thiophene rings is 1. The summed E-state index contributed by atoms with van der Waals surface area (Å²) in [5.41, 5.74) is 7.63. The Labute approximate surface area is 156 Å². The second-order valence-corrected chi connectivity index (χ2v) is 7.44. The van der Waals surface area contributed by atoms with Gasteiger partial charge >= 0.3 is 0 Å². The van der Waals surface area contributed by atoms with Crippen molar-refractivity contribution in [3.8, 4) is 11.1 Å². The second-order valence-electron chi connectivity index (χ2n) is 6.58. The van der Waals surface area contributed by atoms with Crippen LogP contribution in [0.25, 0.3) is 21.3 Å². The number of rotatable bonds is 5. The Bertz CT molecular complexity index is 903. The van der Waals surface area contributed by atoms with Gasteiger partial charge in [0.05, 0.1) is 11.9 Å². The molecule has 0 atom stereocenters. The first-order chi connectivity index (χ1) is 12.7. The summed E-state index contributed by atoms with van der Waals surface area (Å²) in [6.07, 6.45) is 3.55. The molecular weight excluding hydrogens is 346 g/mol. The molecule has 2 aromatic heterocycles. The molecule has 0 bridgehead atoms. The summed E-state index contributed by atoms with van der Waals surface area (Å²) in [5.74, 6) is 0.628. The van der Waals surface area contributed by atoms with Gasteiger partial charge in [-0.25, -0.2) is 9.97 Å². The molecule has 3 N–H and O–H groups in total. The Morgan fingerprint density at radius 2 is 2.00 bits per heavy atom. The van der Waals surface area contributed by atoms with E-state index in [1.807, 2.05) is 18.2 Å². The van der Waals surface area contributed by atoms with Crippen LogP contribution in [0.1, 0.15) is 12.8 Å². The fourth-order valence-corrected chi connectivity index (χ4v) is 4.38. The summed E-state index contributed by atoms with van der Waals surface area (Å²) < 4.78 is 0. The van der Waals surface area contributed by atoms with Crippen molar-refractivity contribution in [3.63, 3.8) is 0 Å². The molecule has 1 aromatic carbocycles. The van der Waals surface area contributed by atoms with Gasteiger partial charge < -0.3 is 11.1 Å². The van der Waals surface area contributed by atoms with Gasteiger partial charge in [-0.2, -0.15) is 0 Å². The number of carbonyl (C=O) groups excluding carboxylic acids is 1. The van der Waals surface area contributed by atoms with Crippen LogP contribution in [-0.2, 0) is 4.79 Å². The van der Waals surface area contributed by atoms with Gasteiger partial charge in [-0.15, -0.1) is 11.3 Å². The Balaban J connectivity index is 1.56. The lowest BCUT2D eigenvalue weighted by atomic mass is 10.0. The van der Waals surface area contributed by atoms with E-state index in [9.17, 15) is 4.79 Å². The van der Waals surface area contributed by atoms with Crippen LogP contribution in [0.2, 0.25) is 0 Å². The van der Waals surface area contributed by atoms with Crippen LogP contribution in [0.4, 0.5) is 5.82 Å². The molecule has 3 heterocycles. The third-order valence-corrected chi connectivity index (χ3v) is 5.65. The first-order valence-electron chi connectivity index (χ1n) is 8.75. The number of piperidine rings is 1. The van der Waals surface area contributed by atoms with E-state index in [1.165, 1.54) is 11.1 Å². The third-order valence-electron chi connectivity index (χ3n) is 4.76. The molecular formula is C19H21N5OS. The van der Waals surface area contributed by atoms with E-state index in [0.29, 0.717) is 12.6 Å². The van der Waals surface area contributed by atoms with E-state index < -0.39 is 0 Å². The molecule has 1 aliphatic rings. The molecule has 4 rings (SSSR count). The second kappa shape index (κ2) is 7.39. The number of hydrogen-bond acceptors (Lipinski definition) is 6. The quantitative estimate of drug-likeness (QED) is 0.724. The van der Waals surface area contributed by atoms with Crippen molar-refractivity contribution in [3.05, 3.63) is 42.0 Å². The number of likely N-dealkylation sites (tertiary alicyclic amines) is 1. The van der Waals surface area contributed by atoms with E-state index in [-0.39, 0.29) is 5.91 Å². The molecule has 26 heavy (non-hydrogen) atoms. The molecule has 1 amide bonds. The van der Waals surface area contributed by atoms with E-state index in [1.54, 1.807) is 17.7 Å². The van der Waals surface area contributed by atoms with Gasteiger partial charge in [-0.1, -0.05) is 30.3 Å². The zero-order valence-corrected chi connectivity index (χ0v) is 15.2. The highest BCUT2D eigenvalue weighted by atomic mass is 32.1. The molecule has 3 aromatic rings. The number of carbonyl (C=O) groups is 1. The van der Waals surface area contributed by atoms with Crippen molar-refractivity contribution in [1.82, 2.24) is 14.9 Å². The number of nitrogens with one attached hydrogen (secondary N) is 1. The molecule has 0 spiro atoms. The van der Waals surface area contributed by atoms with Gasteiger partial charge in [0.25, 0.3) is 0 Å². The summed E-state index contributed by atoms with van der Waals surface area (Å²) in [5, 5.41) is 6.84. The SMILES string of the molecule is NC(=O)CN1CCC(Nc2ncnc3scc(-c4ccccc4)c23)CC1. The van der Waals surface area contributed by atoms with Crippen LogP contribution in [0.15, 0.2) is 42.0 Å². The molecule has 1 aliphatic heterocycles. The molecule has 6 nitrogen and oxygen atoms in total. The topological polar surface area (TPSA) is 84.1 Å². The summed E-state index contributed by atoms with van der Waals surface area (Å²) in [4.78, 5) is 23.1. The lowest BCUT2D eigenvalue weighted by molar-refractivity contribution is -0.119. The van der Waals surface area contributed by atoms with Gasteiger partial charge in [0.2, 0.25) is 5.91 Å². The highest BCUT2D eigenvalue weighted by Crippen LogP contribution is 2.36. The summed E-state index contributed by atoms with van der Waals surface area (Å²) >= 11 is 1.64. The maximum Gasteiger partial charge on any atom is 0.231 e. The highest BCUT2D eigenvalue weighted by Gasteiger charge is 2.22. The Hall–Kier alpha value is -2.51. The molecule has 0 aliphatic carbocycles. The molecule has 0 radical (unpaired) electrons. The van der Waals surface area contributed by atoms with Crippen molar-refractivity contribution in [2.45, 2.75) is 18.9 Å². The van der Waals surface area contributed by atoms with Crippen LogP contribution < -0.4 is 11.1 Å². The minimum Gasteiger partial charge on any atom is -0.369 e. The van der Waals surface area contributed by atoms with Crippen LogP contribution in [0, 0.1) is 0 Å². The van der Waals surface area contributed by atoms with Crippen molar-refractivity contribution < 1.29 is 4.79 Å². The first-order valence-corrected chi connectivity index (χ1v) is 9.63. The number of benzene rings is 1. The molecule has 7 heteroatoms. The number of anilines is 1. The van der Waals surface area contributed by atoms with E-state index in [2.05, 4.69) is 37.7 Å². The fourth-order valence-electron chi connectivity index (χ4n) is 3.46. The predicted octanol–water partition coefficient (Wildman–Crippen LogP) is 2.72. The average molecular weight is 367 g/mol. The van der Waals surface area contributed by atoms with Gasteiger partial charge in [0, 0.05) is 30.1 Å². The minimum atomic E-state index is -0.264. The Morgan fingerprint density at radius 3 is 2.73 bits per heavy atom. The lowest BCUT2D eigenvalue weighted by Gasteiger charge is -2.31. The Morgan fingerprint density at radius 1 is 1.23 bits per heavy atom. The molecule has 0 unspecified atom stereocenters. The van der Waals surface area contributed by atoms with Gasteiger partial charge in [-0.05, 0) is 18.4 Å². The summed E-state index contributed by atoms with van der Waals surface area (Å²) in [6, 6.07) is 10.7. The molecule has 1 fully saturated rings. The lowest BCUT2D eigenvalue weighted by Crippen LogP contribution is -2.43. The Kier molecular flexibility index (Phi) is 4.81. The normalized spacial score (nSPS) is 16.0. The molecule has 0 saturated carbocycles. The third kappa shape index (κ3) is 3.54. The number of primary amides is 1. The summed E-state index contributed by atoms with van der Waals surface area (Å²) in [7, 11) is 0. The zero-order valence-electron chi connectivity index (χ0n) is 14.4. The number of aromatic nitrogens is 2. The van der Waals surface area contributed by atoms with Gasteiger partial charge in [0.1, 0.15) is 17.0 Å². The maximum absolute atomic E-state index is 11.1. The fraction of sp³-hybridized carbons (Fsp3) is 0.316. The smallest absolute Gasteiger partial charge is 0.231 e. The van der Waals surface area contributed by atoms with Crippen molar-refractivity contribution in [2.75, 3.05) is 25.0 Å². The predicted molar refractivity (Wildman–Crippen MR) is 105 cm³/mol. The number of fused-ring (bicyclic) bond motifs is 1. The average Bonchev–Trinajstić information content (AvgIpc) is 3.09. The van der Waals surface area contributed by atoms with Gasteiger partial charge in [-0.3, -0.25) is 9.69 Å². The highest BCUT2D eigenvalue weighted by molar-refractivity contribution is 7.17. The van der Waals surface area contributed by atoms with Gasteiger partial charge in [0.15, 0.2) is 0 Å². The van der Waals surface area contributed by atoms with Crippen LogP contribution in [0.5, 0.6) is 0 Å².